The Hall–Kier alpha value is -2.75. The summed E-state index contributed by atoms with van der Waals surface area (Å²) in [7, 11) is 0. The number of piperazine rings is 1. The van der Waals surface area contributed by atoms with Gasteiger partial charge in [-0.1, -0.05) is 30.3 Å². The van der Waals surface area contributed by atoms with Crippen LogP contribution in [0.25, 0.3) is 0 Å². The summed E-state index contributed by atoms with van der Waals surface area (Å²) in [6.45, 7) is 13.8. The van der Waals surface area contributed by atoms with Crippen molar-refractivity contribution < 1.29 is 20.1 Å². The number of amides is 1. The summed E-state index contributed by atoms with van der Waals surface area (Å²) in [6, 6.07) is 16.0. The van der Waals surface area contributed by atoms with Crippen LogP contribution in [-0.2, 0) is 6.42 Å². The molecule has 0 bridgehead atoms. The van der Waals surface area contributed by atoms with E-state index in [2.05, 4.69) is 46.4 Å². The van der Waals surface area contributed by atoms with E-state index in [1.54, 1.807) is 6.07 Å². The molecule has 2 aromatic carbocycles. The van der Waals surface area contributed by atoms with Crippen molar-refractivity contribution in [2.45, 2.75) is 51.0 Å². The minimum Gasteiger partial charge on any atom is -0.508 e. The van der Waals surface area contributed by atoms with Crippen LogP contribution in [0.4, 0.5) is 0 Å². The van der Waals surface area contributed by atoms with E-state index in [0.717, 1.165) is 82.7 Å². The van der Waals surface area contributed by atoms with Gasteiger partial charge in [-0.15, -0.1) is 6.58 Å². The van der Waals surface area contributed by atoms with E-state index in [9.17, 15) is 9.90 Å². The summed E-state index contributed by atoms with van der Waals surface area (Å²) < 4.78 is 0. The van der Waals surface area contributed by atoms with Crippen LogP contribution in [0.15, 0.2) is 61.2 Å². The van der Waals surface area contributed by atoms with Gasteiger partial charge in [0.1, 0.15) is 5.75 Å². The molecule has 2 aliphatic heterocycles. The molecule has 3 N–H and O–H groups in total. The van der Waals surface area contributed by atoms with Crippen molar-refractivity contribution in [2.75, 3.05) is 58.9 Å². The minimum absolute atomic E-state index is 0.0643. The van der Waals surface area contributed by atoms with Gasteiger partial charge < -0.3 is 25.1 Å². The predicted molar refractivity (Wildman–Crippen MR) is 158 cm³/mol. The molecule has 1 amide bonds. The molecule has 8 heteroatoms. The molecule has 2 fully saturated rings. The van der Waals surface area contributed by atoms with E-state index in [4.69, 9.17) is 10.2 Å². The number of aliphatic hydroxyl groups is 2. The number of phenols is 1. The molecule has 2 unspecified atom stereocenters. The SMILES string of the molecule is C=CCN1CCN(C(Cc2cccc(O)c2)c2cccc(C(=O)N3CCCN(CCCC(O)O)CC3)c2)C(C)C1. The molecule has 8 nitrogen and oxygen atoms in total. The van der Waals surface area contributed by atoms with Crippen molar-refractivity contribution in [3.05, 3.63) is 77.9 Å². The Balaban J connectivity index is 1.50. The number of nitrogens with zero attached hydrogens (tertiary/aromatic N) is 4. The highest BCUT2D eigenvalue weighted by molar-refractivity contribution is 5.94. The van der Waals surface area contributed by atoms with Gasteiger partial charge in [0.05, 0.1) is 0 Å². The molecule has 0 radical (unpaired) electrons. The molecular formula is C32H46N4O4. The fourth-order valence-electron chi connectivity index (χ4n) is 6.15. The number of hydrogen-bond acceptors (Lipinski definition) is 7. The zero-order valence-electron chi connectivity index (χ0n) is 23.9. The summed E-state index contributed by atoms with van der Waals surface area (Å²) in [5.74, 6) is 0.334. The topological polar surface area (TPSA) is 90.7 Å². The van der Waals surface area contributed by atoms with Gasteiger partial charge in [0, 0.05) is 63.5 Å². The lowest BCUT2D eigenvalue weighted by Crippen LogP contribution is -2.53. The van der Waals surface area contributed by atoms with Crippen LogP contribution in [-0.4, -0.2) is 112 Å². The average molecular weight is 551 g/mol. The second-order valence-corrected chi connectivity index (χ2v) is 11.3. The summed E-state index contributed by atoms with van der Waals surface area (Å²) in [4.78, 5) is 22.9. The molecule has 2 atom stereocenters. The molecule has 4 rings (SSSR count). The molecule has 0 aliphatic carbocycles. The van der Waals surface area contributed by atoms with Gasteiger partial charge in [-0.2, -0.15) is 0 Å². The number of carbonyl (C=O) groups is 1. The lowest BCUT2D eigenvalue weighted by molar-refractivity contribution is -0.0474. The fourth-order valence-corrected chi connectivity index (χ4v) is 6.15. The molecule has 2 saturated heterocycles. The Labute approximate surface area is 239 Å². The van der Waals surface area contributed by atoms with Gasteiger partial charge in [-0.25, -0.2) is 0 Å². The molecule has 0 aromatic heterocycles. The Bertz CT molecular complexity index is 1110. The second kappa shape index (κ2) is 14.8. The summed E-state index contributed by atoms with van der Waals surface area (Å²) in [6.07, 6.45) is 3.46. The Kier molecular flexibility index (Phi) is 11.1. The van der Waals surface area contributed by atoms with Gasteiger partial charge in [0.25, 0.3) is 5.91 Å². The van der Waals surface area contributed by atoms with Crippen LogP contribution in [0.5, 0.6) is 5.75 Å². The number of aliphatic hydroxyl groups excluding tert-OH is 1. The quantitative estimate of drug-likeness (QED) is 0.293. The first kappa shape index (κ1) is 30.2. The third kappa shape index (κ3) is 8.38. The van der Waals surface area contributed by atoms with Crippen LogP contribution < -0.4 is 0 Å². The third-order valence-corrected chi connectivity index (χ3v) is 8.22. The van der Waals surface area contributed by atoms with E-state index in [0.29, 0.717) is 24.6 Å². The summed E-state index contributed by atoms with van der Waals surface area (Å²) in [5.41, 5.74) is 2.91. The highest BCUT2D eigenvalue weighted by Crippen LogP contribution is 2.31. The number of aromatic hydroxyl groups is 1. The van der Waals surface area contributed by atoms with Gasteiger partial charge in [0.15, 0.2) is 6.29 Å². The third-order valence-electron chi connectivity index (χ3n) is 8.22. The fraction of sp³-hybridized carbons (Fsp3) is 0.531. The van der Waals surface area contributed by atoms with Crippen LogP contribution in [0.1, 0.15) is 53.7 Å². The molecule has 0 saturated carbocycles. The summed E-state index contributed by atoms with van der Waals surface area (Å²) in [5, 5.41) is 28.4. The predicted octanol–water partition coefficient (Wildman–Crippen LogP) is 3.11. The first-order valence-corrected chi connectivity index (χ1v) is 14.7. The number of carbonyl (C=O) groups excluding carboxylic acids is 1. The molecule has 218 valence electrons. The first-order valence-electron chi connectivity index (χ1n) is 14.7. The maximum absolute atomic E-state index is 13.7. The molecule has 2 heterocycles. The van der Waals surface area contributed by atoms with Crippen LogP contribution in [0.2, 0.25) is 0 Å². The maximum atomic E-state index is 13.7. The van der Waals surface area contributed by atoms with E-state index in [1.807, 2.05) is 35.2 Å². The second-order valence-electron chi connectivity index (χ2n) is 11.3. The monoisotopic (exact) mass is 550 g/mol. The number of rotatable bonds is 11. The van der Waals surface area contributed by atoms with Gasteiger partial charge >= 0.3 is 0 Å². The zero-order valence-corrected chi connectivity index (χ0v) is 23.9. The lowest BCUT2D eigenvalue weighted by Gasteiger charge is -2.44. The van der Waals surface area contributed by atoms with E-state index in [1.165, 1.54) is 0 Å². The van der Waals surface area contributed by atoms with Crippen molar-refractivity contribution in [3.8, 4) is 5.75 Å². The van der Waals surface area contributed by atoms with Crippen LogP contribution in [0, 0.1) is 0 Å². The highest BCUT2D eigenvalue weighted by Gasteiger charge is 2.31. The van der Waals surface area contributed by atoms with Crippen LogP contribution in [0.3, 0.4) is 0 Å². The summed E-state index contributed by atoms with van der Waals surface area (Å²) >= 11 is 0. The molecule has 0 spiro atoms. The van der Waals surface area contributed by atoms with Crippen molar-refractivity contribution in [1.82, 2.24) is 19.6 Å². The number of hydrogen-bond donors (Lipinski definition) is 3. The molecule has 2 aliphatic rings. The van der Waals surface area contributed by atoms with E-state index < -0.39 is 6.29 Å². The molecule has 40 heavy (non-hydrogen) atoms. The van der Waals surface area contributed by atoms with Crippen molar-refractivity contribution >= 4 is 5.91 Å². The van der Waals surface area contributed by atoms with Crippen LogP contribution >= 0.6 is 0 Å². The minimum atomic E-state index is -1.26. The number of phenolic OH excluding ortho intramolecular Hbond substituents is 1. The Morgan fingerprint density at radius 2 is 1.82 bits per heavy atom. The van der Waals surface area contributed by atoms with Gasteiger partial charge in [-0.05, 0) is 81.1 Å². The Morgan fingerprint density at radius 1 is 1.02 bits per heavy atom. The molecular weight excluding hydrogens is 504 g/mol. The standard InChI is InChI=1S/C32H46N4O4/c1-3-13-34-18-20-36(25(2)24-34)30(22-26-8-4-11-29(37)21-26)27-9-5-10-28(23-27)32(40)35-16-7-15-33(17-19-35)14-6-12-31(38)39/h3-5,8-11,21,23,25,30-31,37-39H,1,6-7,12-20,22,24H2,2H3. The van der Waals surface area contributed by atoms with E-state index >= 15 is 0 Å². The Morgan fingerprint density at radius 3 is 2.58 bits per heavy atom. The van der Waals surface area contributed by atoms with Crippen molar-refractivity contribution in [3.63, 3.8) is 0 Å². The number of benzene rings is 2. The van der Waals surface area contributed by atoms with Crippen molar-refractivity contribution in [2.24, 2.45) is 0 Å². The average Bonchev–Trinajstić information content (AvgIpc) is 3.18. The normalized spacial score (nSPS) is 20.4. The largest absolute Gasteiger partial charge is 0.508 e. The first-order chi connectivity index (χ1) is 19.3. The van der Waals surface area contributed by atoms with E-state index in [-0.39, 0.29) is 17.7 Å². The molecule has 2 aromatic rings. The zero-order chi connectivity index (χ0) is 28.5. The van der Waals surface area contributed by atoms with Gasteiger partial charge in [0.2, 0.25) is 0 Å². The van der Waals surface area contributed by atoms with Crippen molar-refractivity contribution in [1.29, 1.82) is 0 Å². The highest BCUT2D eigenvalue weighted by atomic mass is 16.5. The van der Waals surface area contributed by atoms with Gasteiger partial charge in [-0.3, -0.25) is 14.6 Å². The lowest BCUT2D eigenvalue weighted by atomic mass is 9.93. The smallest absolute Gasteiger partial charge is 0.253 e. The maximum Gasteiger partial charge on any atom is 0.253 e.